The Bertz CT molecular complexity index is 512. The largest absolute Gasteiger partial charge is 0.382 e. The number of aromatic nitrogens is 2. The lowest BCUT2D eigenvalue weighted by Crippen LogP contribution is -2.03. The number of halogens is 2. The van der Waals surface area contributed by atoms with Gasteiger partial charge in [0.15, 0.2) is 0 Å². The van der Waals surface area contributed by atoms with Gasteiger partial charge in [0.2, 0.25) is 0 Å². The summed E-state index contributed by atoms with van der Waals surface area (Å²) in [5, 5.41) is 9.97. The van der Waals surface area contributed by atoms with E-state index in [1.807, 2.05) is 0 Å². The third-order valence-electron chi connectivity index (χ3n) is 2.28. The SMILES string of the molecule is Cn1cnc(C(O)c2cccc(Br)c2F)c1. The predicted molar refractivity (Wildman–Crippen MR) is 61.4 cm³/mol. The molecule has 0 aliphatic carbocycles. The van der Waals surface area contributed by atoms with Crippen molar-refractivity contribution in [3.63, 3.8) is 0 Å². The van der Waals surface area contributed by atoms with Crippen LogP contribution in [-0.2, 0) is 7.05 Å². The van der Waals surface area contributed by atoms with Crippen LogP contribution in [0.1, 0.15) is 17.4 Å². The van der Waals surface area contributed by atoms with Crippen molar-refractivity contribution in [2.45, 2.75) is 6.10 Å². The third kappa shape index (κ3) is 2.01. The fourth-order valence-corrected chi connectivity index (χ4v) is 1.85. The number of rotatable bonds is 2. The highest BCUT2D eigenvalue weighted by molar-refractivity contribution is 9.10. The predicted octanol–water partition coefficient (Wildman–Crippen LogP) is 2.40. The Labute approximate surface area is 101 Å². The molecule has 0 radical (unpaired) electrons. The Kier molecular flexibility index (Phi) is 3.07. The molecular formula is C11H10BrFN2O. The summed E-state index contributed by atoms with van der Waals surface area (Å²) in [5.74, 6) is -0.458. The number of hydrogen-bond acceptors (Lipinski definition) is 2. The van der Waals surface area contributed by atoms with E-state index in [0.717, 1.165) is 0 Å². The molecule has 2 rings (SSSR count). The molecule has 0 aliphatic rings. The number of aliphatic hydroxyl groups is 1. The van der Waals surface area contributed by atoms with E-state index >= 15 is 0 Å². The van der Waals surface area contributed by atoms with Crippen molar-refractivity contribution in [2.24, 2.45) is 7.05 Å². The molecule has 16 heavy (non-hydrogen) atoms. The summed E-state index contributed by atoms with van der Waals surface area (Å²) in [5.41, 5.74) is 0.646. The highest BCUT2D eigenvalue weighted by Gasteiger charge is 2.18. The quantitative estimate of drug-likeness (QED) is 0.920. The molecule has 0 fully saturated rings. The van der Waals surface area contributed by atoms with E-state index in [1.165, 1.54) is 0 Å². The van der Waals surface area contributed by atoms with Crippen LogP contribution in [0.2, 0.25) is 0 Å². The van der Waals surface area contributed by atoms with Gasteiger partial charge in [0.1, 0.15) is 11.9 Å². The Hall–Kier alpha value is -1.20. The van der Waals surface area contributed by atoms with Crippen LogP contribution >= 0.6 is 15.9 Å². The Morgan fingerprint density at radius 3 is 2.88 bits per heavy atom. The van der Waals surface area contributed by atoms with Gasteiger partial charge >= 0.3 is 0 Å². The van der Waals surface area contributed by atoms with Crippen molar-refractivity contribution >= 4 is 15.9 Å². The molecule has 1 atom stereocenters. The summed E-state index contributed by atoms with van der Waals surface area (Å²) in [6.45, 7) is 0. The molecule has 84 valence electrons. The molecule has 5 heteroatoms. The Morgan fingerprint density at radius 1 is 1.50 bits per heavy atom. The molecule has 1 aromatic carbocycles. The second-order valence-electron chi connectivity index (χ2n) is 3.51. The van der Waals surface area contributed by atoms with E-state index in [1.54, 1.807) is 42.3 Å². The number of nitrogens with zero attached hydrogens (tertiary/aromatic N) is 2. The molecule has 0 spiro atoms. The maximum absolute atomic E-state index is 13.7. The summed E-state index contributed by atoms with van der Waals surface area (Å²) in [4.78, 5) is 3.99. The second kappa shape index (κ2) is 4.35. The van der Waals surface area contributed by atoms with Crippen LogP contribution < -0.4 is 0 Å². The third-order valence-corrected chi connectivity index (χ3v) is 2.89. The van der Waals surface area contributed by atoms with Crippen molar-refractivity contribution < 1.29 is 9.50 Å². The van der Waals surface area contributed by atoms with Crippen molar-refractivity contribution in [2.75, 3.05) is 0 Å². The molecule has 0 aliphatic heterocycles. The van der Waals surface area contributed by atoms with Crippen molar-refractivity contribution in [3.05, 3.63) is 52.3 Å². The van der Waals surface area contributed by atoms with Gasteiger partial charge in [-0.05, 0) is 22.0 Å². The fourth-order valence-electron chi connectivity index (χ4n) is 1.47. The molecular weight excluding hydrogens is 275 g/mol. The number of aliphatic hydroxyl groups excluding tert-OH is 1. The lowest BCUT2D eigenvalue weighted by atomic mass is 10.1. The van der Waals surface area contributed by atoms with Gasteiger partial charge < -0.3 is 9.67 Å². The van der Waals surface area contributed by atoms with Gasteiger partial charge in [-0.15, -0.1) is 0 Å². The summed E-state index contributed by atoms with van der Waals surface area (Å²) in [6, 6.07) is 4.80. The van der Waals surface area contributed by atoms with Gasteiger partial charge in [-0.2, -0.15) is 0 Å². The topological polar surface area (TPSA) is 38.0 Å². The zero-order valence-electron chi connectivity index (χ0n) is 8.56. The van der Waals surface area contributed by atoms with Crippen molar-refractivity contribution in [1.82, 2.24) is 9.55 Å². The molecule has 1 aromatic heterocycles. The fraction of sp³-hybridized carbons (Fsp3) is 0.182. The van der Waals surface area contributed by atoms with Gasteiger partial charge in [-0.3, -0.25) is 0 Å². The lowest BCUT2D eigenvalue weighted by molar-refractivity contribution is 0.210. The molecule has 1 unspecified atom stereocenters. The van der Waals surface area contributed by atoms with Crippen molar-refractivity contribution in [3.8, 4) is 0 Å². The second-order valence-corrected chi connectivity index (χ2v) is 4.36. The molecule has 3 nitrogen and oxygen atoms in total. The molecule has 0 saturated heterocycles. The first kappa shape index (κ1) is 11.3. The first-order valence-corrected chi connectivity index (χ1v) is 5.48. The molecule has 0 amide bonds. The number of benzene rings is 1. The summed E-state index contributed by atoms with van der Waals surface area (Å²) >= 11 is 3.08. The van der Waals surface area contributed by atoms with Crippen LogP contribution in [0.5, 0.6) is 0 Å². The normalized spacial score (nSPS) is 12.8. The number of hydrogen-bond donors (Lipinski definition) is 1. The first-order valence-electron chi connectivity index (χ1n) is 4.69. The van der Waals surface area contributed by atoms with Gasteiger partial charge in [-0.25, -0.2) is 9.37 Å². The van der Waals surface area contributed by atoms with E-state index in [4.69, 9.17) is 0 Å². The minimum Gasteiger partial charge on any atom is -0.382 e. The van der Waals surface area contributed by atoms with E-state index < -0.39 is 11.9 Å². The Balaban J connectivity index is 2.41. The van der Waals surface area contributed by atoms with E-state index in [2.05, 4.69) is 20.9 Å². The van der Waals surface area contributed by atoms with E-state index in [0.29, 0.717) is 10.2 Å². The maximum atomic E-state index is 13.7. The van der Waals surface area contributed by atoms with Gasteiger partial charge in [-0.1, -0.05) is 12.1 Å². The molecule has 1 N–H and O–H groups in total. The summed E-state index contributed by atoms with van der Waals surface area (Å²) in [7, 11) is 1.79. The van der Waals surface area contributed by atoms with Crippen LogP contribution in [0.15, 0.2) is 35.2 Å². The van der Waals surface area contributed by atoms with Crippen LogP contribution in [0, 0.1) is 5.82 Å². The lowest BCUT2D eigenvalue weighted by Gasteiger charge is -2.10. The van der Waals surface area contributed by atoms with Crippen LogP contribution in [0.3, 0.4) is 0 Å². The zero-order chi connectivity index (χ0) is 11.7. The van der Waals surface area contributed by atoms with Crippen LogP contribution in [-0.4, -0.2) is 14.7 Å². The highest BCUT2D eigenvalue weighted by atomic mass is 79.9. The average molecular weight is 285 g/mol. The summed E-state index contributed by atoms with van der Waals surface area (Å²) in [6.07, 6.45) is 2.18. The van der Waals surface area contributed by atoms with Crippen molar-refractivity contribution in [1.29, 1.82) is 0 Å². The Morgan fingerprint density at radius 2 is 2.25 bits per heavy atom. The highest BCUT2D eigenvalue weighted by Crippen LogP contribution is 2.27. The van der Waals surface area contributed by atoms with Gasteiger partial charge in [0.25, 0.3) is 0 Å². The number of aryl methyl sites for hydroxylation is 1. The zero-order valence-corrected chi connectivity index (χ0v) is 10.1. The first-order chi connectivity index (χ1) is 7.59. The van der Waals surface area contributed by atoms with Crippen LogP contribution in [0.4, 0.5) is 4.39 Å². The van der Waals surface area contributed by atoms with Gasteiger partial charge in [0.05, 0.1) is 16.5 Å². The summed E-state index contributed by atoms with van der Waals surface area (Å²) < 4.78 is 15.7. The van der Waals surface area contributed by atoms with Crippen LogP contribution in [0.25, 0.3) is 0 Å². The maximum Gasteiger partial charge on any atom is 0.143 e. The van der Waals surface area contributed by atoms with Gasteiger partial charge in [0, 0.05) is 18.8 Å². The minimum absolute atomic E-state index is 0.216. The molecule has 0 bridgehead atoms. The van der Waals surface area contributed by atoms with E-state index in [-0.39, 0.29) is 5.56 Å². The van der Waals surface area contributed by atoms with E-state index in [9.17, 15) is 9.50 Å². The molecule has 1 heterocycles. The standard InChI is InChI=1S/C11H10BrFN2O/c1-15-5-9(14-6-15)11(16)7-3-2-4-8(12)10(7)13/h2-6,11,16H,1H3. The monoisotopic (exact) mass is 284 g/mol. The average Bonchev–Trinajstić information content (AvgIpc) is 2.68. The minimum atomic E-state index is -1.04. The molecule has 0 saturated carbocycles. The smallest absolute Gasteiger partial charge is 0.143 e. The molecule has 2 aromatic rings. The number of imidazole rings is 1.